The Labute approximate surface area is 86.2 Å². The highest BCUT2D eigenvalue weighted by Gasteiger charge is 2.21. The molecule has 0 radical (unpaired) electrons. The lowest BCUT2D eigenvalue weighted by molar-refractivity contribution is 0.261. The van der Waals surface area contributed by atoms with Gasteiger partial charge in [0.2, 0.25) is 4.96 Å². The summed E-state index contributed by atoms with van der Waals surface area (Å²) < 4.78 is 1.99. The Morgan fingerprint density at radius 3 is 3.36 bits per heavy atom. The molecule has 0 N–H and O–H groups in total. The van der Waals surface area contributed by atoms with Gasteiger partial charge in [0.15, 0.2) is 0 Å². The fourth-order valence-electron chi connectivity index (χ4n) is 1.96. The van der Waals surface area contributed by atoms with E-state index in [1.807, 2.05) is 10.0 Å². The maximum Gasteiger partial charge on any atom is 0.212 e. The van der Waals surface area contributed by atoms with E-state index in [9.17, 15) is 0 Å². The summed E-state index contributed by atoms with van der Waals surface area (Å²) in [6.07, 6.45) is 1.07. The van der Waals surface area contributed by atoms with Gasteiger partial charge in [-0.1, -0.05) is 18.3 Å². The van der Waals surface area contributed by atoms with Crippen molar-refractivity contribution in [1.29, 1.82) is 0 Å². The van der Waals surface area contributed by atoms with E-state index < -0.39 is 0 Å². The van der Waals surface area contributed by atoms with Gasteiger partial charge in [0.1, 0.15) is 5.51 Å². The normalized spacial score (nSPS) is 17.5. The van der Waals surface area contributed by atoms with Gasteiger partial charge in [-0.25, -0.2) is 9.50 Å². The molecular weight excluding hydrogens is 196 g/mol. The number of fused-ring (bicyclic) bond motifs is 3. The van der Waals surface area contributed by atoms with Crippen molar-refractivity contribution in [2.45, 2.75) is 19.9 Å². The number of imidazole rings is 1. The molecule has 0 aliphatic carbocycles. The third-order valence-corrected chi connectivity index (χ3v) is 3.48. The highest BCUT2D eigenvalue weighted by molar-refractivity contribution is 7.14. The van der Waals surface area contributed by atoms with Crippen molar-refractivity contribution >= 4 is 16.3 Å². The topological polar surface area (TPSA) is 33.4 Å². The second-order valence-corrected chi connectivity index (χ2v) is 4.37. The second kappa shape index (κ2) is 3.03. The van der Waals surface area contributed by atoms with Gasteiger partial charge >= 0.3 is 0 Å². The summed E-state index contributed by atoms with van der Waals surface area (Å²) in [6, 6.07) is 0. The first kappa shape index (κ1) is 8.38. The van der Waals surface area contributed by atoms with Crippen molar-refractivity contribution < 1.29 is 0 Å². The second-order valence-electron chi connectivity index (χ2n) is 3.56. The van der Waals surface area contributed by atoms with Gasteiger partial charge in [0, 0.05) is 19.5 Å². The monoisotopic (exact) mass is 208 g/mol. The lowest BCUT2D eigenvalue weighted by Gasteiger charge is -2.24. The molecule has 0 spiro atoms. The summed E-state index contributed by atoms with van der Waals surface area (Å²) in [7, 11) is 0. The van der Waals surface area contributed by atoms with E-state index in [0.29, 0.717) is 0 Å². The zero-order valence-corrected chi connectivity index (χ0v) is 8.92. The Balaban J connectivity index is 2.11. The van der Waals surface area contributed by atoms with Crippen molar-refractivity contribution in [3.8, 4) is 0 Å². The van der Waals surface area contributed by atoms with Crippen LogP contribution in [0.2, 0.25) is 0 Å². The van der Waals surface area contributed by atoms with Crippen molar-refractivity contribution in [3.05, 3.63) is 16.9 Å². The summed E-state index contributed by atoms with van der Waals surface area (Å²) in [5.41, 5.74) is 4.39. The van der Waals surface area contributed by atoms with E-state index >= 15 is 0 Å². The maximum atomic E-state index is 4.57. The van der Waals surface area contributed by atoms with Crippen LogP contribution >= 0.6 is 11.3 Å². The zero-order chi connectivity index (χ0) is 9.54. The van der Waals surface area contributed by atoms with Crippen LogP contribution in [0.3, 0.4) is 0 Å². The summed E-state index contributed by atoms with van der Waals surface area (Å²) in [4.78, 5) is 8.04. The highest BCUT2D eigenvalue weighted by Crippen LogP contribution is 2.21. The van der Waals surface area contributed by atoms with E-state index in [-0.39, 0.29) is 0 Å². The lowest BCUT2D eigenvalue weighted by atomic mass is 10.1. The number of rotatable bonds is 1. The van der Waals surface area contributed by atoms with Crippen LogP contribution in [-0.2, 0) is 13.0 Å². The van der Waals surface area contributed by atoms with Gasteiger partial charge in [0.05, 0.1) is 11.4 Å². The SMILES string of the molecule is CCN1CCc2nc3scnn3c2C1. The van der Waals surface area contributed by atoms with Crippen LogP contribution in [0.1, 0.15) is 18.3 Å². The van der Waals surface area contributed by atoms with E-state index in [1.165, 1.54) is 11.4 Å². The largest absolute Gasteiger partial charge is 0.297 e. The van der Waals surface area contributed by atoms with Crippen LogP contribution in [-0.4, -0.2) is 32.6 Å². The van der Waals surface area contributed by atoms with Crippen LogP contribution in [0.5, 0.6) is 0 Å². The molecule has 0 unspecified atom stereocenters. The molecule has 2 aromatic rings. The third kappa shape index (κ3) is 1.09. The number of nitrogens with zero attached hydrogens (tertiary/aromatic N) is 4. The molecule has 1 aliphatic heterocycles. The first-order valence-electron chi connectivity index (χ1n) is 4.91. The molecule has 0 saturated carbocycles. The van der Waals surface area contributed by atoms with Crippen molar-refractivity contribution in [2.75, 3.05) is 13.1 Å². The predicted octanol–water partition coefficient (Wildman–Crippen LogP) is 1.17. The van der Waals surface area contributed by atoms with Crippen LogP contribution in [0.25, 0.3) is 4.96 Å². The molecular formula is C9H12N4S. The van der Waals surface area contributed by atoms with Crippen molar-refractivity contribution in [1.82, 2.24) is 19.5 Å². The summed E-state index contributed by atoms with van der Waals surface area (Å²) in [5, 5.41) is 4.31. The predicted molar refractivity (Wildman–Crippen MR) is 55.5 cm³/mol. The molecule has 0 fully saturated rings. The van der Waals surface area contributed by atoms with Crippen molar-refractivity contribution in [2.24, 2.45) is 0 Å². The maximum absolute atomic E-state index is 4.57. The average Bonchev–Trinajstić information content (AvgIpc) is 2.76. The molecule has 0 atom stereocenters. The van der Waals surface area contributed by atoms with Crippen molar-refractivity contribution in [3.63, 3.8) is 0 Å². The van der Waals surface area contributed by atoms with E-state index in [0.717, 1.165) is 31.0 Å². The quantitative estimate of drug-likeness (QED) is 0.705. The third-order valence-electron chi connectivity index (χ3n) is 2.81. The standard InChI is InChI=1S/C9H12N4S/c1-2-12-4-3-7-8(5-12)13-9(11-7)14-6-10-13/h6H,2-5H2,1H3. The molecule has 0 aromatic carbocycles. The Morgan fingerprint density at radius 2 is 2.50 bits per heavy atom. The Kier molecular flexibility index (Phi) is 1.81. The molecule has 3 rings (SSSR count). The highest BCUT2D eigenvalue weighted by atomic mass is 32.1. The van der Waals surface area contributed by atoms with Crippen LogP contribution < -0.4 is 0 Å². The molecule has 2 aromatic heterocycles. The summed E-state index contributed by atoms with van der Waals surface area (Å²) >= 11 is 1.61. The first-order chi connectivity index (χ1) is 6.88. The van der Waals surface area contributed by atoms with Gasteiger partial charge < -0.3 is 0 Å². The smallest absolute Gasteiger partial charge is 0.212 e. The Bertz CT molecular complexity index is 458. The fourth-order valence-corrected chi connectivity index (χ4v) is 2.62. The van der Waals surface area contributed by atoms with E-state index in [4.69, 9.17) is 0 Å². The number of hydrogen-bond acceptors (Lipinski definition) is 4. The van der Waals surface area contributed by atoms with E-state index in [2.05, 4.69) is 21.9 Å². The van der Waals surface area contributed by atoms with Crippen LogP contribution in [0, 0.1) is 0 Å². The Hall–Kier alpha value is -0.940. The zero-order valence-electron chi connectivity index (χ0n) is 8.10. The minimum atomic E-state index is 0.997. The minimum Gasteiger partial charge on any atom is -0.297 e. The van der Waals surface area contributed by atoms with Crippen LogP contribution in [0.15, 0.2) is 5.51 Å². The summed E-state index contributed by atoms with van der Waals surface area (Å²) in [6.45, 7) is 5.44. The molecule has 5 heteroatoms. The lowest BCUT2D eigenvalue weighted by Crippen LogP contribution is -2.30. The van der Waals surface area contributed by atoms with Gasteiger partial charge in [0.25, 0.3) is 0 Å². The molecule has 74 valence electrons. The molecule has 3 heterocycles. The molecule has 0 bridgehead atoms. The van der Waals surface area contributed by atoms with Gasteiger partial charge in [-0.3, -0.25) is 4.90 Å². The fraction of sp³-hybridized carbons (Fsp3) is 0.556. The Morgan fingerprint density at radius 1 is 1.57 bits per heavy atom. The molecule has 1 aliphatic rings. The summed E-state index contributed by atoms with van der Waals surface area (Å²) in [5.74, 6) is 0. The van der Waals surface area contributed by atoms with Gasteiger partial charge in [-0.05, 0) is 6.54 Å². The minimum absolute atomic E-state index is 0.997. The van der Waals surface area contributed by atoms with Crippen LogP contribution in [0.4, 0.5) is 0 Å². The molecule has 0 amide bonds. The first-order valence-corrected chi connectivity index (χ1v) is 5.79. The van der Waals surface area contributed by atoms with E-state index in [1.54, 1.807) is 11.3 Å². The number of likely N-dealkylation sites (N-methyl/N-ethyl adjacent to an activating group) is 1. The number of hydrogen-bond donors (Lipinski definition) is 0. The molecule has 0 saturated heterocycles. The molecule has 4 nitrogen and oxygen atoms in total. The van der Waals surface area contributed by atoms with Gasteiger partial charge in [-0.2, -0.15) is 5.10 Å². The average molecular weight is 208 g/mol. The van der Waals surface area contributed by atoms with Gasteiger partial charge in [-0.15, -0.1) is 0 Å². The molecule has 14 heavy (non-hydrogen) atoms. The number of aromatic nitrogens is 3.